The lowest BCUT2D eigenvalue weighted by atomic mass is 10.2. The molecule has 0 radical (unpaired) electrons. The third-order valence-corrected chi connectivity index (χ3v) is 4.90. The summed E-state index contributed by atoms with van der Waals surface area (Å²) in [6.07, 6.45) is 0.0631. The van der Waals surface area contributed by atoms with Gasteiger partial charge >= 0.3 is 0 Å². The van der Waals surface area contributed by atoms with Gasteiger partial charge in [0.15, 0.2) is 0 Å². The monoisotopic (exact) mass is 302 g/mol. The van der Waals surface area contributed by atoms with Crippen LogP contribution >= 0.6 is 34.7 Å². The third kappa shape index (κ3) is 3.99. The van der Waals surface area contributed by atoms with Gasteiger partial charge in [0.05, 0.1) is 11.1 Å². The molecule has 0 amide bonds. The number of halogens is 2. The molecular formula is C13H12ClFOS2. The molecule has 18 heavy (non-hydrogen) atoms. The fourth-order valence-corrected chi connectivity index (χ4v) is 3.55. The van der Waals surface area contributed by atoms with E-state index >= 15 is 0 Å². The maximum absolute atomic E-state index is 13.0. The Kier molecular flexibility index (Phi) is 5.06. The zero-order valence-corrected chi connectivity index (χ0v) is 11.9. The molecule has 1 unspecified atom stereocenters. The number of thiophene rings is 1. The lowest BCUT2D eigenvalue weighted by Crippen LogP contribution is -2.12. The zero-order valence-electron chi connectivity index (χ0n) is 9.48. The molecule has 0 aliphatic rings. The topological polar surface area (TPSA) is 20.2 Å². The van der Waals surface area contributed by atoms with Gasteiger partial charge in [0.25, 0.3) is 0 Å². The van der Waals surface area contributed by atoms with Gasteiger partial charge in [-0.05, 0) is 29.6 Å². The molecule has 1 aromatic carbocycles. The maximum atomic E-state index is 13.0. The minimum Gasteiger partial charge on any atom is -0.392 e. The first kappa shape index (κ1) is 13.9. The second-order valence-electron chi connectivity index (χ2n) is 3.82. The predicted molar refractivity (Wildman–Crippen MR) is 76.2 cm³/mol. The minimum atomic E-state index is -0.477. The second kappa shape index (κ2) is 6.57. The van der Waals surface area contributed by atoms with E-state index in [9.17, 15) is 9.50 Å². The Labute approximate surface area is 119 Å². The summed E-state index contributed by atoms with van der Waals surface area (Å²) < 4.78 is 13.0. The molecule has 5 heteroatoms. The number of rotatable bonds is 5. The van der Waals surface area contributed by atoms with E-state index in [0.717, 1.165) is 9.77 Å². The Balaban J connectivity index is 1.85. The van der Waals surface area contributed by atoms with Crippen LogP contribution in [0.3, 0.4) is 0 Å². The number of hydrogen-bond acceptors (Lipinski definition) is 3. The highest BCUT2D eigenvalue weighted by Crippen LogP contribution is 2.25. The molecule has 1 heterocycles. The van der Waals surface area contributed by atoms with Crippen LogP contribution in [0.5, 0.6) is 0 Å². The Morgan fingerprint density at radius 2 is 2.22 bits per heavy atom. The molecule has 2 rings (SSSR count). The molecule has 0 spiro atoms. The van der Waals surface area contributed by atoms with E-state index in [4.69, 9.17) is 11.6 Å². The molecule has 0 aliphatic carbocycles. The summed E-state index contributed by atoms with van der Waals surface area (Å²) in [5.41, 5.74) is 0. The molecule has 1 N–H and O–H groups in total. The zero-order chi connectivity index (χ0) is 13.0. The number of aliphatic hydroxyl groups is 1. The van der Waals surface area contributed by atoms with Gasteiger partial charge in [0, 0.05) is 21.9 Å². The lowest BCUT2D eigenvalue weighted by molar-refractivity contribution is 0.201. The van der Waals surface area contributed by atoms with Crippen molar-refractivity contribution < 1.29 is 9.50 Å². The van der Waals surface area contributed by atoms with Crippen molar-refractivity contribution in [2.24, 2.45) is 0 Å². The van der Waals surface area contributed by atoms with Crippen molar-refractivity contribution in [1.82, 2.24) is 0 Å². The van der Waals surface area contributed by atoms with E-state index in [0.29, 0.717) is 17.2 Å². The van der Waals surface area contributed by atoms with Gasteiger partial charge in [-0.3, -0.25) is 0 Å². The highest BCUT2D eigenvalue weighted by molar-refractivity contribution is 7.99. The Bertz CT molecular complexity index is 515. The van der Waals surface area contributed by atoms with Crippen LogP contribution < -0.4 is 0 Å². The van der Waals surface area contributed by atoms with Gasteiger partial charge in [0.1, 0.15) is 5.82 Å². The molecule has 0 saturated carbocycles. The predicted octanol–water partition coefficient (Wildman–Crippen LogP) is 4.24. The molecule has 2 aromatic rings. The molecule has 1 aromatic heterocycles. The van der Waals surface area contributed by atoms with E-state index in [1.165, 1.54) is 23.9 Å². The maximum Gasteiger partial charge on any atom is 0.124 e. The van der Waals surface area contributed by atoms with Crippen LogP contribution in [0.2, 0.25) is 5.02 Å². The van der Waals surface area contributed by atoms with Crippen LogP contribution in [0.4, 0.5) is 4.39 Å². The number of aliphatic hydroxyl groups excluding tert-OH is 1. The Morgan fingerprint density at radius 1 is 1.39 bits per heavy atom. The first-order valence-electron chi connectivity index (χ1n) is 5.43. The molecule has 0 saturated heterocycles. The first-order valence-corrected chi connectivity index (χ1v) is 7.68. The molecular weight excluding hydrogens is 291 g/mol. The van der Waals surface area contributed by atoms with Gasteiger partial charge in [-0.1, -0.05) is 17.7 Å². The van der Waals surface area contributed by atoms with Crippen LogP contribution in [-0.2, 0) is 6.42 Å². The SMILES string of the molecule is OC(CSc1cccc(F)c1)Cc1sccc1Cl. The summed E-state index contributed by atoms with van der Waals surface area (Å²) in [6.45, 7) is 0. The summed E-state index contributed by atoms with van der Waals surface area (Å²) in [4.78, 5) is 1.82. The van der Waals surface area contributed by atoms with E-state index < -0.39 is 6.10 Å². The Hall–Kier alpha value is -0.550. The highest BCUT2D eigenvalue weighted by atomic mass is 35.5. The van der Waals surface area contributed by atoms with Crippen molar-refractivity contribution in [2.75, 3.05) is 5.75 Å². The summed E-state index contributed by atoms with van der Waals surface area (Å²) in [6, 6.07) is 8.20. The van der Waals surface area contributed by atoms with Gasteiger partial charge < -0.3 is 5.11 Å². The first-order chi connectivity index (χ1) is 8.65. The van der Waals surface area contributed by atoms with Gasteiger partial charge in [-0.2, -0.15) is 0 Å². The van der Waals surface area contributed by atoms with Crippen LogP contribution in [-0.4, -0.2) is 17.0 Å². The van der Waals surface area contributed by atoms with Crippen LogP contribution in [0.15, 0.2) is 40.6 Å². The Morgan fingerprint density at radius 3 is 2.89 bits per heavy atom. The van der Waals surface area contributed by atoms with Gasteiger partial charge in [-0.25, -0.2) is 4.39 Å². The summed E-state index contributed by atoms with van der Waals surface area (Å²) in [5.74, 6) is 0.272. The normalized spacial score (nSPS) is 12.6. The smallest absolute Gasteiger partial charge is 0.124 e. The van der Waals surface area contributed by atoms with E-state index in [1.54, 1.807) is 17.4 Å². The summed E-state index contributed by atoms with van der Waals surface area (Å²) in [7, 11) is 0. The summed E-state index contributed by atoms with van der Waals surface area (Å²) >= 11 is 8.95. The van der Waals surface area contributed by atoms with Gasteiger partial charge in [-0.15, -0.1) is 23.1 Å². The van der Waals surface area contributed by atoms with Crippen molar-refractivity contribution in [3.63, 3.8) is 0 Å². The minimum absolute atomic E-state index is 0.254. The lowest BCUT2D eigenvalue weighted by Gasteiger charge is -2.09. The molecule has 0 bridgehead atoms. The van der Waals surface area contributed by atoms with Crippen molar-refractivity contribution in [2.45, 2.75) is 17.4 Å². The molecule has 0 fully saturated rings. The average molecular weight is 303 g/mol. The van der Waals surface area contributed by atoms with Crippen LogP contribution in [0.25, 0.3) is 0 Å². The van der Waals surface area contributed by atoms with E-state index in [1.807, 2.05) is 17.5 Å². The van der Waals surface area contributed by atoms with Crippen LogP contribution in [0, 0.1) is 5.82 Å². The van der Waals surface area contributed by atoms with E-state index in [2.05, 4.69) is 0 Å². The molecule has 1 nitrogen and oxygen atoms in total. The third-order valence-electron chi connectivity index (χ3n) is 2.35. The highest BCUT2D eigenvalue weighted by Gasteiger charge is 2.10. The van der Waals surface area contributed by atoms with Gasteiger partial charge in [0.2, 0.25) is 0 Å². The van der Waals surface area contributed by atoms with Crippen molar-refractivity contribution in [1.29, 1.82) is 0 Å². The van der Waals surface area contributed by atoms with Crippen molar-refractivity contribution in [3.8, 4) is 0 Å². The fourth-order valence-electron chi connectivity index (χ4n) is 1.49. The second-order valence-corrected chi connectivity index (χ2v) is 6.32. The van der Waals surface area contributed by atoms with Crippen LogP contribution in [0.1, 0.15) is 4.88 Å². The summed E-state index contributed by atoms with van der Waals surface area (Å²) in [5, 5.41) is 12.5. The number of thioether (sulfide) groups is 1. The molecule has 0 aliphatic heterocycles. The standard InChI is InChI=1S/C13H12ClFOS2/c14-12-4-5-17-13(12)7-10(16)8-18-11-3-1-2-9(15)6-11/h1-6,10,16H,7-8H2. The quantitative estimate of drug-likeness (QED) is 0.834. The molecule has 1 atom stereocenters. The fraction of sp³-hybridized carbons (Fsp3) is 0.231. The average Bonchev–Trinajstić information content (AvgIpc) is 2.73. The number of benzene rings is 1. The van der Waals surface area contributed by atoms with E-state index in [-0.39, 0.29) is 5.82 Å². The number of hydrogen-bond donors (Lipinski definition) is 1. The van der Waals surface area contributed by atoms with Crippen molar-refractivity contribution >= 4 is 34.7 Å². The molecule has 96 valence electrons. The largest absolute Gasteiger partial charge is 0.392 e. The van der Waals surface area contributed by atoms with Crippen molar-refractivity contribution in [3.05, 3.63) is 51.4 Å².